The molecule has 1 N–H and O–H groups in total. The van der Waals surface area contributed by atoms with Crippen LogP contribution in [0.25, 0.3) is 0 Å². The molecule has 27 heavy (non-hydrogen) atoms. The molecule has 1 aromatic rings. The van der Waals surface area contributed by atoms with E-state index in [4.69, 9.17) is 4.74 Å². The van der Waals surface area contributed by atoms with E-state index in [0.29, 0.717) is 38.4 Å². The molecule has 2 saturated heterocycles. The fourth-order valence-corrected chi connectivity index (χ4v) is 4.94. The summed E-state index contributed by atoms with van der Waals surface area (Å²) in [6.45, 7) is 5.90. The van der Waals surface area contributed by atoms with Crippen LogP contribution in [-0.2, 0) is 14.8 Å². The summed E-state index contributed by atoms with van der Waals surface area (Å²) >= 11 is 0. The molecule has 2 heterocycles. The number of hydrogen-bond acceptors (Lipinski definition) is 5. The maximum atomic E-state index is 13.0. The van der Waals surface area contributed by atoms with Crippen LogP contribution in [0.4, 0.5) is 0 Å². The second-order valence-electron chi connectivity index (χ2n) is 6.69. The molecule has 0 aromatic heterocycles. The molecular formula is C18H28ClN3O4S. The normalized spacial score (nSPS) is 20.9. The Morgan fingerprint density at radius 3 is 2.70 bits per heavy atom. The summed E-state index contributed by atoms with van der Waals surface area (Å²) in [4.78, 5) is 15.1. The van der Waals surface area contributed by atoms with Gasteiger partial charge in [0.25, 0.3) is 5.91 Å². The highest BCUT2D eigenvalue weighted by atomic mass is 35.5. The van der Waals surface area contributed by atoms with Crippen LogP contribution in [0.5, 0.6) is 0 Å². The molecule has 1 atom stereocenters. The third-order valence-corrected chi connectivity index (χ3v) is 6.78. The van der Waals surface area contributed by atoms with Crippen molar-refractivity contribution in [2.75, 3.05) is 45.9 Å². The third kappa shape index (κ3) is 5.00. The maximum absolute atomic E-state index is 13.0. The molecule has 0 aliphatic carbocycles. The number of carbonyl (C=O) groups is 1. The number of rotatable bonds is 6. The SMILES string of the molecule is CCCN(C(=O)c1cccc(S(=O)(=O)N2CCOCC2)c1)C1CCNC1.Cl. The molecule has 0 radical (unpaired) electrons. The highest BCUT2D eigenvalue weighted by Gasteiger charge is 2.29. The first-order valence-corrected chi connectivity index (χ1v) is 10.7. The Labute approximate surface area is 167 Å². The average Bonchev–Trinajstić information content (AvgIpc) is 3.21. The highest BCUT2D eigenvalue weighted by Crippen LogP contribution is 2.20. The predicted octanol–water partition coefficient (Wildman–Crippen LogP) is 1.34. The first-order chi connectivity index (χ1) is 12.5. The summed E-state index contributed by atoms with van der Waals surface area (Å²) in [5.41, 5.74) is 0.430. The van der Waals surface area contributed by atoms with E-state index in [0.717, 1.165) is 25.9 Å². The topological polar surface area (TPSA) is 79.0 Å². The molecular weight excluding hydrogens is 390 g/mol. The van der Waals surface area contributed by atoms with E-state index in [1.165, 1.54) is 10.4 Å². The largest absolute Gasteiger partial charge is 0.379 e. The molecule has 1 aromatic carbocycles. The van der Waals surface area contributed by atoms with Crippen molar-refractivity contribution in [2.45, 2.75) is 30.7 Å². The van der Waals surface area contributed by atoms with Crippen LogP contribution in [0.1, 0.15) is 30.1 Å². The lowest BCUT2D eigenvalue weighted by atomic mass is 10.1. The van der Waals surface area contributed by atoms with E-state index in [2.05, 4.69) is 5.32 Å². The number of nitrogens with one attached hydrogen (secondary N) is 1. The minimum Gasteiger partial charge on any atom is -0.379 e. The van der Waals surface area contributed by atoms with E-state index < -0.39 is 10.0 Å². The van der Waals surface area contributed by atoms with Gasteiger partial charge in [-0.25, -0.2) is 8.42 Å². The van der Waals surface area contributed by atoms with Gasteiger partial charge in [-0.2, -0.15) is 4.31 Å². The lowest BCUT2D eigenvalue weighted by Crippen LogP contribution is -2.42. The molecule has 2 fully saturated rings. The van der Waals surface area contributed by atoms with Gasteiger partial charge in [0.15, 0.2) is 0 Å². The van der Waals surface area contributed by atoms with Gasteiger partial charge >= 0.3 is 0 Å². The monoisotopic (exact) mass is 417 g/mol. The summed E-state index contributed by atoms with van der Waals surface area (Å²) in [7, 11) is -3.60. The Hall–Kier alpha value is -1.19. The Kier molecular flexibility index (Phi) is 8.05. The number of carbonyl (C=O) groups excluding carboxylic acids is 1. The van der Waals surface area contributed by atoms with E-state index in [-0.39, 0.29) is 29.3 Å². The second kappa shape index (κ2) is 9.84. The Morgan fingerprint density at radius 2 is 2.07 bits per heavy atom. The zero-order valence-corrected chi connectivity index (χ0v) is 17.2. The highest BCUT2D eigenvalue weighted by molar-refractivity contribution is 7.89. The zero-order valence-electron chi connectivity index (χ0n) is 15.6. The molecule has 3 rings (SSSR count). The van der Waals surface area contributed by atoms with Gasteiger partial charge in [-0.15, -0.1) is 12.4 Å². The van der Waals surface area contributed by atoms with Crippen LogP contribution in [0.2, 0.25) is 0 Å². The zero-order chi connectivity index (χ0) is 18.6. The second-order valence-corrected chi connectivity index (χ2v) is 8.63. The molecule has 7 nitrogen and oxygen atoms in total. The summed E-state index contributed by atoms with van der Waals surface area (Å²) in [5, 5.41) is 3.29. The summed E-state index contributed by atoms with van der Waals surface area (Å²) in [5.74, 6) is -0.0976. The van der Waals surface area contributed by atoms with Crippen molar-refractivity contribution in [3.8, 4) is 0 Å². The van der Waals surface area contributed by atoms with Crippen LogP contribution in [0.3, 0.4) is 0 Å². The summed E-state index contributed by atoms with van der Waals surface area (Å²) < 4.78 is 32.4. The number of nitrogens with zero attached hydrogens (tertiary/aromatic N) is 2. The van der Waals surface area contributed by atoms with Gasteiger partial charge in [-0.3, -0.25) is 4.79 Å². The Bertz CT molecular complexity index is 732. The number of amides is 1. The first kappa shape index (κ1) is 22.1. The van der Waals surface area contributed by atoms with E-state index in [9.17, 15) is 13.2 Å². The van der Waals surface area contributed by atoms with Crippen molar-refractivity contribution in [1.82, 2.24) is 14.5 Å². The van der Waals surface area contributed by atoms with Gasteiger partial charge in [0.05, 0.1) is 18.1 Å². The number of morpholine rings is 1. The Morgan fingerprint density at radius 1 is 1.33 bits per heavy atom. The van der Waals surface area contributed by atoms with Gasteiger partial charge in [0.2, 0.25) is 10.0 Å². The molecule has 2 aliphatic rings. The number of halogens is 1. The lowest BCUT2D eigenvalue weighted by Gasteiger charge is -2.29. The minimum absolute atomic E-state index is 0. The lowest BCUT2D eigenvalue weighted by molar-refractivity contribution is 0.0691. The van der Waals surface area contributed by atoms with Gasteiger partial charge in [-0.1, -0.05) is 13.0 Å². The van der Waals surface area contributed by atoms with Gasteiger partial charge < -0.3 is 15.0 Å². The smallest absolute Gasteiger partial charge is 0.254 e. The van der Waals surface area contributed by atoms with Crippen molar-refractivity contribution in [2.24, 2.45) is 0 Å². The van der Waals surface area contributed by atoms with Crippen LogP contribution in [-0.4, -0.2) is 75.5 Å². The quantitative estimate of drug-likeness (QED) is 0.755. The van der Waals surface area contributed by atoms with Crippen molar-refractivity contribution >= 4 is 28.3 Å². The number of sulfonamides is 1. The molecule has 0 spiro atoms. The molecule has 1 unspecified atom stereocenters. The van der Waals surface area contributed by atoms with E-state index >= 15 is 0 Å². The van der Waals surface area contributed by atoms with Crippen molar-refractivity contribution in [3.63, 3.8) is 0 Å². The first-order valence-electron chi connectivity index (χ1n) is 9.23. The van der Waals surface area contributed by atoms with Crippen LogP contribution in [0, 0.1) is 0 Å². The summed E-state index contributed by atoms with van der Waals surface area (Å²) in [6.07, 6.45) is 1.80. The summed E-state index contributed by atoms with van der Waals surface area (Å²) in [6, 6.07) is 6.59. The van der Waals surface area contributed by atoms with Crippen LogP contribution in [0.15, 0.2) is 29.2 Å². The van der Waals surface area contributed by atoms with Gasteiger partial charge in [0, 0.05) is 37.8 Å². The van der Waals surface area contributed by atoms with Crippen LogP contribution < -0.4 is 5.32 Å². The predicted molar refractivity (Wildman–Crippen MR) is 106 cm³/mol. The molecule has 0 saturated carbocycles. The Balaban J connectivity index is 0.00000261. The standard InChI is InChI=1S/C18H27N3O4S.ClH/c1-2-8-21(16-6-7-19-14-16)18(22)15-4-3-5-17(13-15)26(23,24)20-9-11-25-12-10-20;/h3-5,13,16,19H,2,6-12,14H2,1H3;1H. The van der Waals surface area contributed by atoms with Crippen molar-refractivity contribution < 1.29 is 17.9 Å². The maximum Gasteiger partial charge on any atom is 0.254 e. The van der Waals surface area contributed by atoms with Gasteiger partial charge in [-0.05, 0) is 37.6 Å². The number of hydrogen-bond donors (Lipinski definition) is 1. The molecule has 2 aliphatic heterocycles. The number of ether oxygens (including phenoxy) is 1. The van der Waals surface area contributed by atoms with Crippen molar-refractivity contribution in [1.29, 1.82) is 0 Å². The number of benzene rings is 1. The van der Waals surface area contributed by atoms with Crippen molar-refractivity contribution in [3.05, 3.63) is 29.8 Å². The minimum atomic E-state index is -3.60. The van der Waals surface area contributed by atoms with E-state index in [1.807, 2.05) is 11.8 Å². The molecule has 1 amide bonds. The molecule has 152 valence electrons. The van der Waals surface area contributed by atoms with Crippen LogP contribution >= 0.6 is 12.4 Å². The van der Waals surface area contributed by atoms with Gasteiger partial charge in [0.1, 0.15) is 0 Å². The van der Waals surface area contributed by atoms with E-state index in [1.54, 1.807) is 18.2 Å². The average molecular weight is 418 g/mol. The fourth-order valence-electron chi connectivity index (χ4n) is 3.49. The molecule has 0 bridgehead atoms. The third-order valence-electron chi connectivity index (χ3n) is 4.89. The fraction of sp³-hybridized carbons (Fsp3) is 0.611. The molecule has 9 heteroatoms.